The van der Waals surface area contributed by atoms with E-state index in [1.54, 1.807) is 12.1 Å². The minimum absolute atomic E-state index is 0.239. The summed E-state index contributed by atoms with van der Waals surface area (Å²) in [6.07, 6.45) is 0. The molecule has 88 valence electrons. The molecule has 0 saturated carbocycles. The lowest BCUT2D eigenvalue weighted by molar-refractivity contribution is 0.619. The molecule has 0 aliphatic rings. The van der Waals surface area contributed by atoms with E-state index in [-0.39, 0.29) is 5.82 Å². The van der Waals surface area contributed by atoms with Crippen molar-refractivity contribution < 1.29 is 4.39 Å². The molecule has 0 aliphatic carbocycles. The lowest BCUT2D eigenvalue weighted by Crippen LogP contribution is -2.02. The van der Waals surface area contributed by atoms with E-state index in [9.17, 15) is 4.39 Å². The Labute approximate surface area is 113 Å². The molecule has 1 nitrogen and oxygen atoms in total. The summed E-state index contributed by atoms with van der Waals surface area (Å²) >= 11 is 4.66. The molecule has 0 amide bonds. The van der Waals surface area contributed by atoms with Gasteiger partial charge in [0.25, 0.3) is 0 Å². The quantitative estimate of drug-likeness (QED) is 0.841. The van der Waals surface area contributed by atoms with Gasteiger partial charge in [-0.3, -0.25) is 4.72 Å². The third-order valence-corrected chi connectivity index (χ3v) is 3.59. The molecule has 4 heteroatoms. The van der Waals surface area contributed by atoms with Crippen molar-refractivity contribution in [3.05, 3.63) is 64.4 Å². The van der Waals surface area contributed by atoms with Crippen molar-refractivity contribution in [1.29, 1.82) is 0 Å². The molecule has 0 atom stereocenters. The summed E-state index contributed by atoms with van der Waals surface area (Å²) in [5.74, 6) is -0.239. The van der Waals surface area contributed by atoms with Crippen LogP contribution in [0.4, 0.5) is 4.39 Å². The van der Waals surface area contributed by atoms with Crippen molar-refractivity contribution in [2.75, 3.05) is 0 Å². The highest BCUT2D eigenvalue weighted by Crippen LogP contribution is 2.22. The molecule has 0 heterocycles. The maximum absolute atomic E-state index is 13.0. The second kappa shape index (κ2) is 6.19. The Morgan fingerprint density at radius 1 is 1.12 bits per heavy atom. The molecule has 0 aromatic heterocycles. The van der Waals surface area contributed by atoms with Crippen LogP contribution < -0.4 is 4.72 Å². The van der Waals surface area contributed by atoms with Crippen molar-refractivity contribution in [2.45, 2.75) is 11.4 Å². The van der Waals surface area contributed by atoms with Crippen molar-refractivity contribution in [2.24, 2.45) is 0 Å². The first-order valence-corrected chi connectivity index (χ1v) is 6.75. The number of rotatable bonds is 4. The largest absolute Gasteiger partial charge is 0.255 e. The minimum atomic E-state index is -0.239. The molecule has 1 N–H and O–H groups in total. The number of nitrogens with one attached hydrogen (secondary N) is 1. The van der Waals surface area contributed by atoms with Crippen LogP contribution in [0.3, 0.4) is 0 Å². The maximum Gasteiger partial charge on any atom is 0.137 e. The third kappa shape index (κ3) is 3.84. The SMILES string of the molecule is Fc1ccc(SNCc2ccccc2)cc1Br. The van der Waals surface area contributed by atoms with E-state index in [0.717, 1.165) is 11.4 Å². The second-order valence-electron chi connectivity index (χ2n) is 3.48. The first kappa shape index (κ1) is 12.6. The Hall–Kier alpha value is -0.840. The molecule has 17 heavy (non-hydrogen) atoms. The van der Waals surface area contributed by atoms with E-state index in [2.05, 4.69) is 32.8 Å². The summed E-state index contributed by atoms with van der Waals surface area (Å²) in [6, 6.07) is 15.1. The predicted octanol–water partition coefficient (Wildman–Crippen LogP) is 4.39. The van der Waals surface area contributed by atoms with Crippen molar-refractivity contribution in [1.82, 2.24) is 4.72 Å². The van der Waals surface area contributed by atoms with Crippen LogP contribution in [0.1, 0.15) is 5.56 Å². The fourth-order valence-electron chi connectivity index (χ4n) is 1.34. The summed E-state index contributed by atoms with van der Waals surface area (Å²) in [5, 5.41) is 0. The molecule has 2 aromatic carbocycles. The molecule has 0 fully saturated rings. The highest BCUT2D eigenvalue weighted by Gasteiger charge is 2.00. The summed E-state index contributed by atoms with van der Waals surface area (Å²) in [5.41, 5.74) is 1.22. The number of hydrogen-bond acceptors (Lipinski definition) is 2. The van der Waals surface area contributed by atoms with Gasteiger partial charge in [0.1, 0.15) is 5.82 Å². The lowest BCUT2D eigenvalue weighted by Gasteiger charge is -2.05. The molecule has 0 bridgehead atoms. The smallest absolute Gasteiger partial charge is 0.137 e. The van der Waals surface area contributed by atoms with Gasteiger partial charge in [0.2, 0.25) is 0 Å². The lowest BCUT2D eigenvalue weighted by atomic mass is 10.2. The zero-order valence-electron chi connectivity index (χ0n) is 8.99. The molecule has 0 unspecified atom stereocenters. The van der Waals surface area contributed by atoms with Crippen molar-refractivity contribution in [3.8, 4) is 0 Å². The van der Waals surface area contributed by atoms with Crippen molar-refractivity contribution in [3.63, 3.8) is 0 Å². The minimum Gasteiger partial charge on any atom is -0.255 e. The number of benzene rings is 2. The molecule has 0 radical (unpaired) electrons. The standard InChI is InChI=1S/C13H11BrFNS/c14-12-8-11(6-7-13(12)15)17-16-9-10-4-2-1-3-5-10/h1-8,16H,9H2. The molecule has 2 aromatic rings. The summed E-state index contributed by atoms with van der Waals surface area (Å²) < 4.78 is 16.7. The highest BCUT2D eigenvalue weighted by molar-refractivity contribution is 9.10. The molecular formula is C13H11BrFNS. The van der Waals surface area contributed by atoms with Crippen LogP contribution in [-0.4, -0.2) is 0 Å². The van der Waals surface area contributed by atoms with Crippen LogP contribution in [0.2, 0.25) is 0 Å². The maximum atomic E-state index is 13.0. The van der Waals surface area contributed by atoms with Gasteiger partial charge in [0.15, 0.2) is 0 Å². The van der Waals surface area contributed by atoms with Gasteiger partial charge in [-0.25, -0.2) is 4.39 Å². The molecule has 0 spiro atoms. The van der Waals surface area contributed by atoms with Crippen molar-refractivity contribution >= 4 is 27.9 Å². The molecule has 2 rings (SSSR count). The van der Waals surface area contributed by atoms with E-state index in [1.807, 2.05) is 18.2 Å². The highest BCUT2D eigenvalue weighted by atomic mass is 79.9. The fourth-order valence-corrected chi connectivity index (χ4v) is 2.59. The van der Waals surface area contributed by atoms with Crippen LogP contribution in [-0.2, 0) is 6.54 Å². The van der Waals surface area contributed by atoms with E-state index >= 15 is 0 Å². The summed E-state index contributed by atoms with van der Waals surface area (Å²) in [7, 11) is 0. The zero-order chi connectivity index (χ0) is 12.1. The molecular weight excluding hydrogens is 301 g/mol. The summed E-state index contributed by atoms with van der Waals surface area (Å²) in [4.78, 5) is 0.981. The van der Waals surface area contributed by atoms with Gasteiger partial charge < -0.3 is 0 Å². The zero-order valence-corrected chi connectivity index (χ0v) is 11.4. The van der Waals surface area contributed by atoms with Gasteiger partial charge in [-0.05, 0) is 51.6 Å². The van der Waals surface area contributed by atoms with Gasteiger partial charge in [-0.2, -0.15) is 0 Å². The Kier molecular flexibility index (Phi) is 4.59. The predicted molar refractivity (Wildman–Crippen MR) is 73.2 cm³/mol. The molecule has 0 saturated heterocycles. The van der Waals surface area contributed by atoms with Crippen LogP contribution >= 0.6 is 27.9 Å². The summed E-state index contributed by atoms with van der Waals surface area (Å²) in [6.45, 7) is 0.778. The fraction of sp³-hybridized carbons (Fsp3) is 0.0769. The second-order valence-corrected chi connectivity index (χ2v) is 5.30. The van der Waals surface area contributed by atoms with E-state index in [1.165, 1.54) is 23.6 Å². The van der Waals surface area contributed by atoms with E-state index in [4.69, 9.17) is 0 Å². The Morgan fingerprint density at radius 2 is 1.88 bits per heavy atom. The first-order chi connectivity index (χ1) is 8.25. The number of hydrogen-bond donors (Lipinski definition) is 1. The van der Waals surface area contributed by atoms with Crippen LogP contribution in [0.15, 0.2) is 57.9 Å². The normalized spacial score (nSPS) is 10.5. The molecule has 0 aliphatic heterocycles. The van der Waals surface area contributed by atoms with Crippen LogP contribution in [0.5, 0.6) is 0 Å². The Bertz CT molecular complexity index is 490. The van der Waals surface area contributed by atoms with Gasteiger partial charge in [0.05, 0.1) is 4.47 Å². The van der Waals surface area contributed by atoms with Gasteiger partial charge in [-0.1, -0.05) is 30.3 Å². The van der Waals surface area contributed by atoms with Gasteiger partial charge in [0, 0.05) is 11.4 Å². The van der Waals surface area contributed by atoms with Gasteiger partial charge in [-0.15, -0.1) is 0 Å². The van der Waals surface area contributed by atoms with Crippen LogP contribution in [0, 0.1) is 5.82 Å². The topological polar surface area (TPSA) is 12.0 Å². The van der Waals surface area contributed by atoms with Crippen LogP contribution in [0.25, 0.3) is 0 Å². The first-order valence-electron chi connectivity index (χ1n) is 5.14. The number of halogens is 2. The Balaban J connectivity index is 1.88. The average molecular weight is 312 g/mol. The average Bonchev–Trinajstić information content (AvgIpc) is 2.35. The van der Waals surface area contributed by atoms with E-state index < -0.39 is 0 Å². The van der Waals surface area contributed by atoms with Gasteiger partial charge >= 0.3 is 0 Å². The third-order valence-electron chi connectivity index (χ3n) is 2.20. The van der Waals surface area contributed by atoms with E-state index in [0.29, 0.717) is 4.47 Å². The Morgan fingerprint density at radius 3 is 2.59 bits per heavy atom. The monoisotopic (exact) mass is 311 g/mol.